The van der Waals surface area contributed by atoms with Gasteiger partial charge in [0, 0.05) is 30.6 Å². The van der Waals surface area contributed by atoms with Gasteiger partial charge in [0.15, 0.2) is 0 Å². The highest BCUT2D eigenvalue weighted by Crippen LogP contribution is 2.23. The molecule has 84 valence electrons. The predicted molar refractivity (Wildman–Crippen MR) is 59.2 cm³/mol. The molecule has 0 fully saturated rings. The van der Waals surface area contributed by atoms with Gasteiger partial charge < -0.3 is 10.1 Å². The van der Waals surface area contributed by atoms with Crippen LogP contribution in [0.25, 0.3) is 0 Å². The van der Waals surface area contributed by atoms with Gasteiger partial charge in [-0.15, -0.1) is 0 Å². The Morgan fingerprint density at radius 1 is 1.67 bits per heavy atom. The molecule has 1 rings (SSSR count). The molecule has 1 heterocycles. The van der Waals surface area contributed by atoms with Crippen LogP contribution in [0.15, 0.2) is 12.1 Å². The molecule has 0 bridgehead atoms. The molecule has 5 nitrogen and oxygen atoms in total. The van der Waals surface area contributed by atoms with Crippen LogP contribution >= 0.6 is 11.3 Å². The van der Waals surface area contributed by atoms with Crippen molar-refractivity contribution in [2.45, 2.75) is 19.5 Å². The molecule has 0 radical (unpaired) electrons. The first kappa shape index (κ1) is 12.1. The fraction of sp³-hybridized carbons (Fsp3) is 0.556. The van der Waals surface area contributed by atoms with Crippen LogP contribution in [0, 0.1) is 10.1 Å². The molecule has 0 amide bonds. The van der Waals surface area contributed by atoms with Gasteiger partial charge in [0.25, 0.3) is 0 Å². The van der Waals surface area contributed by atoms with Crippen LogP contribution in [-0.2, 0) is 11.3 Å². The summed E-state index contributed by atoms with van der Waals surface area (Å²) in [7, 11) is 1.65. The molecule has 1 atom stereocenters. The Balaban J connectivity index is 2.40. The van der Waals surface area contributed by atoms with Gasteiger partial charge in [0.1, 0.15) is 0 Å². The highest BCUT2D eigenvalue weighted by atomic mass is 32.1. The molecule has 1 unspecified atom stereocenters. The van der Waals surface area contributed by atoms with Crippen LogP contribution in [0.3, 0.4) is 0 Å². The molecule has 1 aromatic rings. The Hall–Kier alpha value is -0.980. The molecule has 0 spiro atoms. The molecule has 0 aromatic carbocycles. The first-order valence-electron chi connectivity index (χ1n) is 4.59. The molecule has 0 aliphatic carbocycles. The summed E-state index contributed by atoms with van der Waals surface area (Å²) in [6, 6.07) is 3.55. The zero-order valence-corrected chi connectivity index (χ0v) is 9.54. The van der Waals surface area contributed by atoms with Crippen molar-refractivity contribution in [3.8, 4) is 0 Å². The van der Waals surface area contributed by atoms with Crippen molar-refractivity contribution in [1.29, 1.82) is 0 Å². The maximum atomic E-state index is 10.4. The van der Waals surface area contributed by atoms with Gasteiger partial charge in [0.2, 0.25) is 0 Å². The zero-order chi connectivity index (χ0) is 11.3. The Labute approximate surface area is 92.2 Å². The highest BCUT2D eigenvalue weighted by Gasteiger charge is 2.09. The third-order valence-electron chi connectivity index (χ3n) is 1.87. The fourth-order valence-corrected chi connectivity index (χ4v) is 1.91. The van der Waals surface area contributed by atoms with Crippen LogP contribution in [-0.4, -0.2) is 24.7 Å². The summed E-state index contributed by atoms with van der Waals surface area (Å²) in [5, 5.41) is 13.8. The summed E-state index contributed by atoms with van der Waals surface area (Å²) in [5.74, 6) is 0. The van der Waals surface area contributed by atoms with Crippen molar-refractivity contribution in [1.82, 2.24) is 5.32 Å². The van der Waals surface area contributed by atoms with Gasteiger partial charge in [0.05, 0.1) is 11.5 Å². The fourth-order valence-electron chi connectivity index (χ4n) is 1.14. The smallest absolute Gasteiger partial charge is 0.324 e. The van der Waals surface area contributed by atoms with Gasteiger partial charge in [-0.2, -0.15) is 0 Å². The number of hydrogen-bond donors (Lipinski definition) is 1. The Morgan fingerprint density at radius 3 is 2.93 bits per heavy atom. The molecule has 6 heteroatoms. The minimum atomic E-state index is -0.368. The maximum Gasteiger partial charge on any atom is 0.324 e. The van der Waals surface area contributed by atoms with Crippen LogP contribution < -0.4 is 5.32 Å². The van der Waals surface area contributed by atoms with E-state index in [1.54, 1.807) is 13.2 Å². The van der Waals surface area contributed by atoms with E-state index in [0.29, 0.717) is 13.2 Å². The topological polar surface area (TPSA) is 64.4 Å². The number of nitrogens with one attached hydrogen (secondary N) is 1. The largest absolute Gasteiger partial charge is 0.383 e. The number of ether oxygens (including phenoxy) is 1. The second-order valence-corrected chi connectivity index (χ2v) is 4.38. The van der Waals surface area contributed by atoms with E-state index in [0.717, 1.165) is 4.88 Å². The van der Waals surface area contributed by atoms with E-state index in [9.17, 15) is 10.1 Å². The first-order chi connectivity index (χ1) is 7.13. The SMILES string of the molecule is COCC(C)NCc1ccc([N+](=O)[O-])s1. The summed E-state index contributed by atoms with van der Waals surface area (Å²) in [6.07, 6.45) is 0. The molecule has 0 saturated carbocycles. The van der Waals surface area contributed by atoms with E-state index in [-0.39, 0.29) is 16.0 Å². The van der Waals surface area contributed by atoms with Crippen LogP contribution in [0.2, 0.25) is 0 Å². The number of methoxy groups -OCH3 is 1. The van der Waals surface area contributed by atoms with E-state index in [2.05, 4.69) is 5.32 Å². The standard InChI is InChI=1S/C9H14N2O3S/c1-7(6-14-2)10-5-8-3-4-9(15-8)11(12)13/h3-4,7,10H,5-6H2,1-2H3. The minimum absolute atomic E-state index is 0.186. The van der Waals surface area contributed by atoms with Gasteiger partial charge in [-0.25, -0.2) is 0 Å². The predicted octanol–water partition coefficient (Wildman–Crippen LogP) is 1.78. The molecule has 0 aliphatic rings. The molecule has 1 aromatic heterocycles. The Bertz CT molecular complexity index is 327. The van der Waals surface area contributed by atoms with E-state index in [4.69, 9.17) is 4.74 Å². The number of hydrogen-bond acceptors (Lipinski definition) is 5. The molecule has 15 heavy (non-hydrogen) atoms. The van der Waals surface area contributed by atoms with E-state index in [1.165, 1.54) is 17.4 Å². The number of rotatable bonds is 6. The second kappa shape index (κ2) is 5.79. The lowest BCUT2D eigenvalue weighted by Crippen LogP contribution is -2.29. The summed E-state index contributed by atoms with van der Waals surface area (Å²) >= 11 is 1.20. The average molecular weight is 230 g/mol. The van der Waals surface area contributed by atoms with Gasteiger partial charge in [-0.3, -0.25) is 10.1 Å². The summed E-state index contributed by atoms with van der Waals surface area (Å²) in [6.45, 7) is 3.28. The van der Waals surface area contributed by atoms with Gasteiger partial charge >= 0.3 is 5.00 Å². The molecule has 1 N–H and O–H groups in total. The van der Waals surface area contributed by atoms with E-state index >= 15 is 0 Å². The quantitative estimate of drug-likeness (QED) is 0.597. The lowest BCUT2D eigenvalue weighted by molar-refractivity contribution is -0.380. The summed E-state index contributed by atoms with van der Waals surface area (Å²) < 4.78 is 4.97. The first-order valence-corrected chi connectivity index (χ1v) is 5.40. The van der Waals surface area contributed by atoms with Crippen molar-refractivity contribution in [2.75, 3.05) is 13.7 Å². The zero-order valence-electron chi connectivity index (χ0n) is 8.73. The van der Waals surface area contributed by atoms with Crippen molar-refractivity contribution < 1.29 is 9.66 Å². The van der Waals surface area contributed by atoms with Crippen LogP contribution in [0.1, 0.15) is 11.8 Å². The summed E-state index contributed by atoms with van der Waals surface area (Å²) in [4.78, 5) is 11.0. The van der Waals surface area contributed by atoms with Gasteiger partial charge in [-0.05, 0) is 13.0 Å². The third-order valence-corrected chi connectivity index (χ3v) is 2.91. The van der Waals surface area contributed by atoms with Crippen molar-refractivity contribution >= 4 is 16.3 Å². The lowest BCUT2D eigenvalue weighted by Gasteiger charge is -2.10. The minimum Gasteiger partial charge on any atom is -0.383 e. The van der Waals surface area contributed by atoms with E-state index < -0.39 is 0 Å². The number of nitrogens with zero attached hydrogens (tertiary/aromatic N) is 1. The lowest BCUT2D eigenvalue weighted by atomic mass is 10.3. The van der Waals surface area contributed by atoms with Crippen molar-refractivity contribution in [3.63, 3.8) is 0 Å². The normalized spacial score (nSPS) is 12.7. The molecular formula is C9H14N2O3S. The van der Waals surface area contributed by atoms with Gasteiger partial charge in [-0.1, -0.05) is 11.3 Å². The highest BCUT2D eigenvalue weighted by molar-refractivity contribution is 7.15. The number of thiophene rings is 1. The van der Waals surface area contributed by atoms with E-state index in [1.807, 2.05) is 6.92 Å². The Morgan fingerprint density at radius 2 is 2.40 bits per heavy atom. The van der Waals surface area contributed by atoms with Crippen LogP contribution in [0.5, 0.6) is 0 Å². The Kier molecular flexibility index (Phi) is 4.67. The summed E-state index contributed by atoms with van der Waals surface area (Å²) in [5.41, 5.74) is 0. The average Bonchev–Trinajstić information content (AvgIpc) is 2.63. The van der Waals surface area contributed by atoms with Crippen molar-refractivity contribution in [2.24, 2.45) is 0 Å². The third kappa shape index (κ3) is 3.94. The molecule has 0 aliphatic heterocycles. The maximum absolute atomic E-state index is 10.4. The molecular weight excluding hydrogens is 216 g/mol. The van der Waals surface area contributed by atoms with Crippen LogP contribution in [0.4, 0.5) is 5.00 Å². The monoisotopic (exact) mass is 230 g/mol. The molecule has 0 saturated heterocycles. The second-order valence-electron chi connectivity index (χ2n) is 3.23. The number of nitro groups is 1. The van der Waals surface area contributed by atoms with Crippen molar-refractivity contribution in [3.05, 3.63) is 27.1 Å².